The maximum absolute atomic E-state index is 12.2. The molecule has 1 aliphatic carbocycles. The molecule has 2 amide bonds. The Morgan fingerprint density at radius 3 is 1.86 bits per heavy atom. The maximum atomic E-state index is 12.2. The Balaban J connectivity index is 1.95. The summed E-state index contributed by atoms with van der Waals surface area (Å²) in [5.74, 6) is 0.362. The van der Waals surface area contributed by atoms with Gasteiger partial charge >= 0.3 is 0 Å². The Morgan fingerprint density at radius 1 is 0.931 bits per heavy atom. The lowest BCUT2D eigenvalue weighted by Gasteiger charge is -2.30. The van der Waals surface area contributed by atoms with Crippen molar-refractivity contribution < 1.29 is 9.59 Å². The Bertz CT molecular complexity index is 1020. The topological polar surface area (TPSA) is 113 Å². The van der Waals surface area contributed by atoms with Gasteiger partial charge < -0.3 is 10.6 Å². The van der Waals surface area contributed by atoms with Crippen LogP contribution in [-0.2, 0) is 18.3 Å². The molecule has 3 aromatic rings. The fourth-order valence-corrected chi connectivity index (χ4v) is 4.19. The van der Waals surface area contributed by atoms with Crippen LogP contribution in [0.4, 0.5) is 0 Å². The van der Waals surface area contributed by atoms with Gasteiger partial charge in [0.05, 0.1) is 5.41 Å². The van der Waals surface area contributed by atoms with Gasteiger partial charge in [-0.15, -0.1) is 5.10 Å². The molecule has 1 aliphatic rings. The van der Waals surface area contributed by atoms with Crippen molar-refractivity contribution in [2.75, 3.05) is 14.1 Å². The average Bonchev–Trinajstić information content (AvgIpc) is 3.27. The van der Waals surface area contributed by atoms with Crippen LogP contribution in [0.2, 0.25) is 0 Å². The summed E-state index contributed by atoms with van der Waals surface area (Å²) in [6.45, 7) is 2.07. The third-order valence-corrected chi connectivity index (χ3v) is 5.75. The van der Waals surface area contributed by atoms with E-state index < -0.39 is 5.41 Å². The fourth-order valence-electron chi connectivity index (χ4n) is 4.19. The zero-order valence-electron chi connectivity index (χ0n) is 16.5. The Hall–Kier alpha value is -3.55. The van der Waals surface area contributed by atoms with Crippen LogP contribution in [-0.4, -0.2) is 46.5 Å². The van der Waals surface area contributed by atoms with Crippen molar-refractivity contribution in [3.63, 3.8) is 0 Å². The van der Waals surface area contributed by atoms with Crippen LogP contribution in [0.5, 0.6) is 0 Å². The van der Waals surface area contributed by atoms with Crippen LogP contribution in [0.1, 0.15) is 55.7 Å². The van der Waals surface area contributed by atoms with E-state index in [0.717, 1.165) is 35.1 Å². The number of carbonyl (C=O) groups excluding carboxylic acids is 2. The number of fused-ring (bicyclic) bond motifs is 2. The lowest BCUT2D eigenvalue weighted by Crippen LogP contribution is -2.29. The maximum Gasteiger partial charge on any atom is 0.251 e. The predicted molar refractivity (Wildman–Crippen MR) is 107 cm³/mol. The number of nitrogens with one attached hydrogen (secondary N) is 3. The molecule has 0 atom stereocenters. The molecule has 0 fully saturated rings. The molecule has 0 saturated carbocycles. The largest absolute Gasteiger partial charge is 0.355 e. The third kappa shape index (κ3) is 2.97. The minimum atomic E-state index is -0.646. The number of aryl methyl sites for hydroxylation is 2. The first kappa shape index (κ1) is 18.8. The van der Waals surface area contributed by atoms with Crippen molar-refractivity contribution in [2.24, 2.45) is 0 Å². The number of H-pyrrole nitrogens is 1. The normalized spacial score (nSPS) is 14.3. The van der Waals surface area contributed by atoms with Crippen LogP contribution in [0.15, 0.2) is 36.4 Å². The van der Waals surface area contributed by atoms with Crippen molar-refractivity contribution in [3.05, 3.63) is 75.6 Å². The van der Waals surface area contributed by atoms with Crippen LogP contribution in [0, 0.1) is 0 Å². The summed E-state index contributed by atoms with van der Waals surface area (Å²) in [5.41, 5.74) is 4.77. The number of hydrogen-bond donors (Lipinski definition) is 3. The van der Waals surface area contributed by atoms with E-state index in [0.29, 0.717) is 17.0 Å². The van der Waals surface area contributed by atoms with Crippen LogP contribution in [0.3, 0.4) is 0 Å². The third-order valence-electron chi connectivity index (χ3n) is 5.75. The molecule has 0 spiro atoms. The summed E-state index contributed by atoms with van der Waals surface area (Å²) in [7, 11) is 3.24. The Labute approximate surface area is 168 Å². The van der Waals surface area contributed by atoms with E-state index in [1.54, 1.807) is 14.1 Å². The highest BCUT2D eigenvalue weighted by Gasteiger charge is 2.40. The molecule has 0 aliphatic heterocycles. The summed E-state index contributed by atoms with van der Waals surface area (Å²) in [6, 6.07) is 11.5. The molecule has 0 radical (unpaired) electrons. The Morgan fingerprint density at radius 2 is 1.45 bits per heavy atom. The van der Waals surface area contributed by atoms with Gasteiger partial charge in [0.2, 0.25) is 0 Å². The van der Waals surface area contributed by atoms with Gasteiger partial charge in [0.25, 0.3) is 11.8 Å². The van der Waals surface area contributed by atoms with Crippen LogP contribution < -0.4 is 10.6 Å². The molecule has 1 aromatic heterocycles. The first-order valence-corrected chi connectivity index (χ1v) is 9.44. The summed E-state index contributed by atoms with van der Waals surface area (Å²) in [6.07, 6.45) is 1.48. The summed E-state index contributed by atoms with van der Waals surface area (Å²) >= 11 is 0. The minimum absolute atomic E-state index is 0.125. The molecule has 3 N–H and O–H groups in total. The highest BCUT2D eigenvalue weighted by atomic mass is 16.2. The van der Waals surface area contributed by atoms with Gasteiger partial charge in [0.15, 0.2) is 5.82 Å². The van der Waals surface area contributed by atoms with Crippen LogP contribution >= 0.6 is 0 Å². The van der Waals surface area contributed by atoms with Crippen molar-refractivity contribution in [3.8, 4) is 0 Å². The second-order valence-corrected chi connectivity index (χ2v) is 7.28. The molecule has 8 heteroatoms. The molecular weight excluding hydrogens is 368 g/mol. The van der Waals surface area contributed by atoms with Gasteiger partial charge in [-0.05, 0) is 76.7 Å². The molecule has 2 aromatic carbocycles. The van der Waals surface area contributed by atoms with Crippen molar-refractivity contribution in [2.45, 2.75) is 25.2 Å². The zero-order valence-corrected chi connectivity index (χ0v) is 16.5. The van der Waals surface area contributed by atoms with Gasteiger partial charge in [-0.3, -0.25) is 9.59 Å². The number of rotatable bonds is 3. The van der Waals surface area contributed by atoms with Crippen molar-refractivity contribution in [1.82, 2.24) is 31.3 Å². The number of hydrogen-bond acceptors (Lipinski definition) is 5. The SMILES string of the molecule is CNC(=O)c1ccc2c(c1)CCc1cc(C(=O)NC)ccc1C2(C)c1nnn[nH]1. The monoisotopic (exact) mass is 390 g/mol. The average molecular weight is 390 g/mol. The van der Waals surface area contributed by atoms with E-state index in [1.165, 1.54) is 0 Å². The van der Waals surface area contributed by atoms with Crippen LogP contribution in [0.25, 0.3) is 0 Å². The summed E-state index contributed by atoms with van der Waals surface area (Å²) in [4.78, 5) is 24.3. The number of aromatic amines is 1. The van der Waals surface area contributed by atoms with Gasteiger partial charge in [-0.2, -0.15) is 0 Å². The van der Waals surface area contributed by atoms with Gasteiger partial charge in [0, 0.05) is 25.2 Å². The fraction of sp³-hybridized carbons (Fsp3) is 0.286. The van der Waals surface area contributed by atoms with Gasteiger partial charge in [-0.25, -0.2) is 5.10 Å². The van der Waals surface area contributed by atoms with Crippen molar-refractivity contribution >= 4 is 11.8 Å². The summed E-state index contributed by atoms with van der Waals surface area (Å²) in [5, 5.41) is 20.1. The number of tetrazole rings is 1. The number of benzene rings is 2. The van der Waals surface area contributed by atoms with Gasteiger partial charge in [0.1, 0.15) is 0 Å². The molecule has 148 valence electrons. The Kier molecular flexibility index (Phi) is 4.62. The van der Waals surface area contributed by atoms with E-state index >= 15 is 0 Å². The number of carbonyl (C=O) groups is 2. The molecular formula is C21H22N6O2. The zero-order chi connectivity index (χ0) is 20.6. The molecule has 1 heterocycles. The second-order valence-electron chi connectivity index (χ2n) is 7.28. The number of nitrogens with zero attached hydrogens (tertiary/aromatic N) is 3. The first-order chi connectivity index (χ1) is 14.0. The highest BCUT2D eigenvalue weighted by molar-refractivity contribution is 5.95. The van der Waals surface area contributed by atoms with E-state index in [-0.39, 0.29) is 11.8 Å². The molecule has 0 unspecified atom stereocenters. The molecule has 4 rings (SSSR count). The van der Waals surface area contributed by atoms with E-state index in [4.69, 9.17) is 0 Å². The predicted octanol–water partition coefficient (Wildman–Crippen LogP) is 1.37. The van der Waals surface area contributed by atoms with Gasteiger partial charge in [-0.1, -0.05) is 12.1 Å². The minimum Gasteiger partial charge on any atom is -0.355 e. The highest BCUT2D eigenvalue weighted by Crippen LogP contribution is 2.43. The van der Waals surface area contributed by atoms with E-state index in [1.807, 2.05) is 36.4 Å². The molecule has 29 heavy (non-hydrogen) atoms. The number of aromatic nitrogens is 4. The molecule has 0 bridgehead atoms. The lowest BCUT2D eigenvalue weighted by molar-refractivity contribution is 0.0955. The smallest absolute Gasteiger partial charge is 0.251 e. The second kappa shape index (κ2) is 7.12. The standard InChI is InChI=1S/C21H22N6O2/c1-21(20-24-26-27-25-20)16-8-6-14(18(28)22-2)10-12(16)4-5-13-11-15(19(29)23-3)7-9-17(13)21/h6-11H,4-5H2,1-3H3,(H,22,28)(H,23,29)(H,24,25,26,27). The lowest BCUT2D eigenvalue weighted by atomic mass is 9.73. The molecule has 8 nitrogen and oxygen atoms in total. The number of amides is 2. The first-order valence-electron chi connectivity index (χ1n) is 9.44. The van der Waals surface area contributed by atoms with E-state index in [2.05, 4.69) is 38.2 Å². The molecule has 0 saturated heterocycles. The van der Waals surface area contributed by atoms with E-state index in [9.17, 15) is 9.59 Å². The quantitative estimate of drug-likeness (QED) is 0.625. The summed E-state index contributed by atoms with van der Waals surface area (Å²) < 4.78 is 0. The van der Waals surface area contributed by atoms with Crippen molar-refractivity contribution in [1.29, 1.82) is 0 Å².